The quantitative estimate of drug-likeness (QED) is 0.734. The van der Waals surface area contributed by atoms with Gasteiger partial charge in [-0.1, -0.05) is 48.8 Å². The third-order valence-electron chi connectivity index (χ3n) is 2.32. The number of rotatable bonds is 5. The number of ether oxygens (including phenoxy) is 1. The van der Waals surface area contributed by atoms with Gasteiger partial charge in [-0.25, -0.2) is 0 Å². The zero-order valence-electron chi connectivity index (χ0n) is 9.72. The maximum absolute atomic E-state index is 5.73. The van der Waals surface area contributed by atoms with Crippen molar-refractivity contribution in [2.45, 2.75) is 27.2 Å². The normalized spacial score (nSPS) is 11.5. The standard InChI is InChI=1S/C13H19BrO/c1-4-11-5-7-12(8-6-11)15-10-13(2,3)9-14/h5-8H,4,9-10H2,1-3H3. The Labute approximate surface area is 101 Å². The van der Waals surface area contributed by atoms with Crippen molar-refractivity contribution in [3.8, 4) is 5.75 Å². The van der Waals surface area contributed by atoms with Gasteiger partial charge in [0, 0.05) is 10.7 Å². The molecular formula is C13H19BrO. The van der Waals surface area contributed by atoms with E-state index in [1.807, 2.05) is 12.1 Å². The van der Waals surface area contributed by atoms with Crippen LogP contribution in [0.4, 0.5) is 0 Å². The molecule has 0 radical (unpaired) electrons. The van der Waals surface area contributed by atoms with E-state index in [2.05, 4.69) is 48.8 Å². The Hall–Kier alpha value is -0.500. The van der Waals surface area contributed by atoms with Crippen LogP contribution in [0.1, 0.15) is 26.3 Å². The lowest BCUT2D eigenvalue weighted by Crippen LogP contribution is -2.22. The second-order valence-corrected chi connectivity index (χ2v) is 5.14. The molecule has 0 aliphatic heterocycles. The number of alkyl halides is 1. The molecule has 0 aliphatic carbocycles. The molecule has 0 fully saturated rings. The van der Waals surface area contributed by atoms with E-state index < -0.39 is 0 Å². The Kier molecular flexibility index (Phi) is 4.65. The molecule has 0 saturated carbocycles. The SMILES string of the molecule is CCc1ccc(OCC(C)(C)CBr)cc1. The van der Waals surface area contributed by atoms with Crippen LogP contribution in [0.5, 0.6) is 5.75 Å². The average Bonchev–Trinajstić information content (AvgIpc) is 2.27. The van der Waals surface area contributed by atoms with Crippen LogP contribution in [0.15, 0.2) is 24.3 Å². The Balaban J connectivity index is 2.51. The van der Waals surface area contributed by atoms with Gasteiger partial charge in [-0.2, -0.15) is 0 Å². The summed E-state index contributed by atoms with van der Waals surface area (Å²) in [5, 5.41) is 0.951. The van der Waals surface area contributed by atoms with Crippen LogP contribution in [0, 0.1) is 5.41 Å². The summed E-state index contributed by atoms with van der Waals surface area (Å²) in [6.45, 7) is 7.26. The molecule has 15 heavy (non-hydrogen) atoms. The smallest absolute Gasteiger partial charge is 0.119 e. The highest BCUT2D eigenvalue weighted by Gasteiger charge is 2.16. The fourth-order valence-corrected chi connectivity index (χ4v) is 1.30. The number of hydrogen-bond acceptors (Lipinski definition) is 1. The summed E-state index contributed by atoms with van der Waals surface area (Å²) in [6.07, 6.45) is 1.08. The van der Waals surface area contributed by atoms with E-state index in [1.165, 1.54) is 5.56 Å². The predicted octanol–water partition coefficient (Wildman–Crippen LogP) is 4.05. The van der Waals surface area contributed by atoms with Gasteiger partial charge in [0.05, 0.1) is 6.61 Å². The molecule has 84 valence electrons. The van der Waals surface area contributed by atoms with Crippen LogP contribution >= 0.6 is 15.9 Å². The minimum Gasteiger partial charge on any atom is -0.493 e. The Bertz CT molecular complexity index is 290. The van der Waals surface area contributed by atoms with E-state index in [4.69, 9.17) is 4.74 Å². The summed E-state index contributed by atoms with van der Waals surface area (Å²) in [6, 6.07) is 8.33. The van der Waals surface area contributed by atoms with Gasteiger partial charge in [0.15, 0.2) is 0 Å². The molecule has 1 rings (SSSR count). The summed E-state index contributed by atoms with van der Waals surface area (Å²) in [7, 11) is 0. The topological polar surface area (TPSA) is 9.23 Å². The number of hydrogen-bond donors (Lipinski definition) is 0. The van der Waals surface area contributed by atoms with Crippen molar-refractivity contribution < 1.29 is 4.74 Å². The van der Waals surface area contributed by atoms with E-state index in [0.29, 0.717) is 0 Å². The molecule has 0 N–H and O–H groups in total. The van der Waals surface area contributed by atoms with E-state index >= 15 is 0 Å². The van der Waals surface area contributed by atoms with Gasteiger partial charge in [-0.3, -0.25) is 0 Å². The van der Waals surface area contributed by atoms with Gasteiger partial charge in [-0.15, -0.1) is 0 Å². The maximum Gasteiger partial charge on any atom is 0.119 e. The van der Waals surface area contributed by atoms with Gasteiger partial charge < -0.3 is 4.74 Å². The van der Waals surface area contributed by atoms with Crippen molar-refractivity contribution in [1.82, 2.24) is 0 Å². The molecule has 0 aromatic heterocycles. The van der Waals surface area contributed by atoms with Crippen molar-refractivity contribution in [3.05, 3.63) is 29.8 Å². The highest BCUT2D eigenvalue weighted by molar-refractivity contribution is 9.09. The van der Waals surface area contributed by atoms with Gasteiger partial charge in [0.25, 0.3) is 0 Å². The van der Waals surface area contributed by atoms with Crippen LogP contribution in [-0.4, -0.2) is 11.9 Å². The lowest BCUT2D eigenvalue weighted by atomic mass is 9.98. The number of halogens is 1. The molecule has 0 heterocycles. The van der Waals surface area contributed by atoms with E-state index in [1.54, 1.807) is 0 Å². The predicted molar refractivity (Wildman–Crippen MR) is 68.9 cm³/mol. The Morgan fingerprint density at radius 2 is 1.80 bits per heavy atom. The molecule has 0 aliphatic rings. The highest BCUT2D eigenvalue weighted by Crippen LogP contribution is 2.21. The molecule has 0 bridgehead atoms. The first kappa shape index (κ1) is 12.6. The Morgan fingerprint density at radius 1 is 1.20 bits per heavy atom. The van der Waals surface area contributed by atoms with Gasteiger partial charge >= 0.3 is 0 Å². The van der Waals surface area contributed by atoms with Crippen LogP contribution in [0.25, 0.3) is 0 Å². The second-order valence-electron chi connectivity index (χ2n) is 4.58. The fraction of sp³-hybridized carbons (Fsp3) is 0.538. The molecule has 0 saturated heterocycles. The van der Waals surface area contributed by atoms with Gasteiger partial charge in [0.2, 0.25) is 0 Å². The second kappa shape index (κ2) is 5.55. The summed E-state index contributed by atoms with van der Waals surface area (Å²) in [4.78, 5) is 0. The zero-order chi connectivity index (χ0) is 11.3. The van der Waals surface area contributed by atoms with Crippen LogP contribution in [-0.2, 0) is 6.42 Å². The lowest BCUT2D eigenvalue weighted by molar-refractivity contribution is 0.203. The molecule has 0 spiro atoms. The lowest BCUT2D eigenvalue weighted by Gasteiger charge is -2.21. The monoisotopic (exact) mass is 270 g/mol. The largest absolute Gasteiger partial charge is 0.493 e. The van der Waals surface area contributed by atoms with E-state index in [0.717, 1.165) is 24.1 Å². The summed E-state index contributed by atoms with van der Waals surface area (Å²) in [5.41, 5.74) is 1.53. The minimum atomic E-state index is 0.184. The Morgan fingerprint density at radius 3 is 2.27 bits per heavy atom. The molecule has 0 amide bonds. The van der Waals surface area contributed by atoms with E-state index in [9.17, 15) is 0 Å². The highest BCUT2D eigenvalue weighted by atomic mass is 79.9. The van der Waals surface area contributed by atoms with Crippen molar-refractivity contribution in [3.63, 3.8) is 0 Å². The fourth-order valence-electron chi connectivity index (χ4n) is 1.14. The third kappa shape index (κ3) is 4.25. The average molecular weight is 271 g/mol. The van der Waals surface area contributed by atoms with Crippen LogP contribution in [0.3, 0.4) is 0 Å². The first-order valence-electron chi connectivity index (χ1n) is 5.35. The first-order valence-corrected chi connectivity index (χ1v) is 6.47. The first-order chi connectivity index (χ1) is 7.07. The molecule has 1 nitrogen and oxygen atoms in total. The third-order valence-corrected chi connectivity index (χ3v) is 3.84. The summed E-state index contributed by atoms with van der Waals surface area (Å²) < 4.78 is 5.73. The van der Waals surface area contributed by atoms with Crippen LogP contribution < -0.4 is 4.74 Å². The summed E-state index contributed by atoms with van der Waals surface area (Å²) >= 11 is 3.49. The molecular weight excluding hydrogens is 252 g/mol. The molecule has 0 unspecified atom stereocenters. The summed E-state index contributed by atoms with van der Waals surface area (Å²) in [5.74, 6) is 0.959. The molecule has 0 atom stereocenters. The zero-order valence-corrected chi connectivity index (χ0v) is 11.3. The van der Waals surface area contributed by atoms with Crippen molar-refractivity contribution >= 4 is 15.9 Å². The van der Waals surface area contributed by atoms with Crippen LogP contribution in [0.2, 0.25) is 0 Å². The van der Waals surface area contributed by atoms with Gasteiger partial charge in [0.1, 0.15) is 5.75 Å². The van der Waals surface area contributed by atoms with Crippen molar-refractivity contribution in [2.24, 2.45) is 5.41 Å². The van der Waals surface area contributed by atoms with E-state index in [-0.39, 0.29) is 5.41 Å². The number of aryl methyl sites for hydroxylation is 1. The minimum absolute atomic E-state index is 0.184. The molecule has 1 aromatic rings. The molecule has 1 aromatic carbocycles. The van der Waals surface area contributed by atoms with Crippen molar-refractivity contribution in [2.75, 3.05) is 11.9 Å². The maximum atomic E-state index is 5.73. The van der Waals surface area contributed by atoms with Gasteiger partial charge in [-0.05, 0) is 24.1 Å². The van der Waals surface area contributed by atoms with Crippen molar-refractivity contribution in [1.29, 1.82) is 0 Å². The number of benzene rings is 1. The molecule has 2 heteroatoms.